The van der Waals surface area contributed by atoms with Crippen molar-refractivity contribution in [1.82, 2.24) is 15.0 Å². The number of rotatable bonds is 2. The smallest absolute Gasteiger partial charge is 0.269 e. The van der Waals surface area contributed by atoms with Crippen LogP contribution in [-0.2, 0) is 0 Å². The maximum atomic E-state index is 9.87. The number of hydrogen-bond donors (Lipinski definition) is 2. The quantitative estimate of drug-likeness (QED) is 0.694. The molecule has 0 saturated heterocycles. The first-order chi connectivity index (χ1) is 9.63. The lowest BCUT2D eigenvalue weighted by molar-refractivity contribution is 0.459. The molecule has 0 radical (unpaired) electrons. The van der Waals surface area contributed by atoms with Gasteiger partial charge in [0.1, 0.15) is 0 Å². The molecule has 3 aromatic rings. The van der Waals surface area contributed by atoms with Gasteiger partial charge in [-0.3, -0.25) is 0 Å². The Morgan fingerprint density at radius 3 is 2.50 bits per heavy atom. The van der Waals surface area contributed by atoms with Crippen molar-refractivity contribution in [3.8, 4) is 5.88 Å². The number of aromatic nitrogens is 3. The SMILES string of the molecule is Cc1cc(C)nc(N=Nc2c(O)[nH]c3ccccc23)n1. The Bertz CT molecular complexity index is 786. The van der Waals surface area contributed by atoms with Crippen LogP contribution in [0.2, 0.25) is 0 Å². The Labute approximate surface area is 115 Å². The van der Waals surface area contributed by atoms with E-state index in [1.165, 1.54) is 0 Å². The summed E-state index contributed by atoms with van der Waals surface area (Å²) in [5.74, 6) is 0.270. The highest BCUT2D eigenvalue weighted by atomic mass is 16.3. The standard InChI is InChI=1S/C14H13N5O/c1-8-7-9(2)16-14(15-8)19-18-12-10-5-3-4-6-11(10)17-13(12)20/h3-7,17,20H,1-2H3. The van der Waals surface area contributed by atoms with Crippen LogP contribution >= 0.6 is 0 Å². The Morgan fingerprint density at radius 2 is 1.75 bits per heavy atom. The molecule has 0 atom stereocenters. The molecule has 0 unspecified atom stereocenters. The summed E-state index contributed by atoms with van der Waals surface area (Å²) in [6.45, 7) is 3.74. The van der Waals surface area contributed by atoms with Crippen LogP contribution in [0.5, 0.6) is 5.88 Å². The molecule has 6 heteroatoms. The van der Waals surface area contributed by atoms with Gasteiger partial charge in [-0.25, -0.2) is 9.97 Å². The third-order valence-electron chi connectivity index (χ3n) is 2.87. The molecule has 0 aliphatic rings. The molecule has 0 amide bonds. The summed E-state index contributed by atoms with van der Waals surface area (Å²) in [6, 6.07) is 9.35. The molecule has 1 aromatic carbocycles. The number of H-pyrrole nitrogens is 1. The largest absolute Gasteiger partial charge is 0.493 e. The summed E-state index contributed by atoms with van der Waals surface area (Å²) in [4.78, 5) is 11.2. The second kappa shape index (κ2) is 4.73. The number of fused-ring (bicyclic) bond motifs is 1. The number of azo groups is 1. The number of nitrogens with one attached hydrogen (secondary N) is 1. The average Bonchev–Trinajstić information content (AvgIpc) is 2.71. The lowest BCUT2D eigenvalue weighted by atomic mass is 10.2. The van der Waals surface area contributed by atoms with Crippen molar-refractivity contribution in [3.63, 3.8) is 0 Å². The van der Waals surface area contributed by atoms with Crippen LogP contribution in [0, 0.1) is 13.8 Å². The summed E-state index contributed by atoms with van der Waals surface area (Å²) >= 11 is 0. The van der Waals surface area contributed by atoms with Crippen LogP contribution in [0.3, 0.4) is 0 Å². The number of aryl methyl sites for hydroxylation is 2. The minimum atomic E-state index is -0.0145. The Morgan fingerprint density at radius 1 is 1.05 bits per heavy atom. The number of benzene rings is 1. The van der Waals surface area contributed by atoms with Crippen molar-refractivity contribution in [1.29, 1.82) is 0 Å². The second-order valence-corrected chi connectivity index (χ2v) is 4.52. The first-order valence-corrected chi connectivity index (χ1v) is 6.17. The van der Waals surface area contributed by atoms with Crippen LogP contribution in [-0.4, -0.2) is 20.1 Å². The van der Waals surface area contributed by atoms with E-state index in [2.05, 4.69) is 25.2 Å². The Kier molecular flexibility index (Phi) is 2.90. The molecule has 2 aromatic heterocycles. The number of aromatic hydroxyl groups is 1. The highest BCUT2D eigenvalue weighted by Crippen LogP contribution is 2.35. The molecule has 0 spiro atoms. The van der Waals surface area contributed by atoms with Gasteiger partial charge in [0.15, 0.2) is 5.69 Å². The van der Waals surface area contributed by atoms with E-state index in [4.69, 9.17) is 0 Å². The van der Waals surface area contributed by atoms with E-state index in [-0.39, 0.29) is 11.8 Å². The zero-order chi connectivity index (χ0) is 14.1. The molecule has 2 N–H and O–H groups in total. The van der Waals surface area contributed by atoms with Gasteiger partial charge in [0.05, 0.1) is 5.52 Å². The molecule has 2 heterocycles. The number of para-hydroxylation sites is 1. The topological polar surface area (TPSA) is 86.5 Å². The fourth-order valence-corrected chi connectivity index (χ4v) is 2.06. The van der Waals surface area contributed by atoms with Gasteiger partial charge in [0.2, 0.25) is 5.88 Å². The van der Waals surface area contributed by atoms with Gasteiger partial charge in [-0.1, -0.05) is 18.2 Å². The minimum Gasteiger partial charge on any atom is -0.493 e. The van der Waals surface area contributed by atoms with Gasteiger partial charge in [0.25, 0.3) is 5.95 Å². The number of nitrogens with zero attached hydrogens (tertiary/aromatic N) is 4. The normalized spacial score (nSPS) is 11.5. The highest BCUT2D eigenvalue weighted by molar-refractivity contribution is 5.93. The molecule has 0 saturated carbocycles. The van der Waals surface area contributed by atoms with Crippen molar-refractivity contribution >= 4 is 22.5 Å². The number of hydrogen-bond acceptors (Lipinski definition) is 5. The maximum Gasteiger partial charge on any atom is 0.269 e. The molecule has 3 rings (SSSR count). The van der Waals surface area contributed by atoms with E-state index in [9.17, 15) is 5.11 Å². The molecule has 0 aliphatic carbocycles. The molecular weight excluding hydrogens is 254 g/mol. The Balaban J connectivity index is 2.04. The predicted molar refractivity (Wildman–Crippen MR) is 75.6 cm³/mol. The monoisotopic (exact) mass is 267 g/mol. The summed E-state index contributed by atoms with van der Waals surface area (Å²) < 4.78 is 0. The molecule has 0 fully saturated rings. The van der Waals surface area contributed by atoms with Gasteiger partial charge < -0.3 is 10.1 Å². The zero-order valence-corrected chi connectivity index (χ0v) is 11.1. The fourth-order valence-electron chi connectivity index (χ4n) is 2.06. The fraction of sp³-hybridized carbons (Fsp3) is 0.143. The lowest BCUT2D eigenvalue weighted by Crippen LogP contribution is -1.87. The van der Waals surface area contributed by atoms with Crippen LogP contribution in [0.25, 0.3) is 10.9 Å². The molecule has 6 nitrogen and oxygen atoms in total. The van der Waals surface area contributed by atoms with E-state index in [1.54, 1.807) is 0 Å². The van der Waals surface area contributed by atoms with Crippen LogP contribution < -0.4 is 0 Å². The molecule has 0 bridgehead atoms. The van der Waals surface area contributed by atoms with E-state index in [0.717, 1.165) is 22.3 Å². The molecule has 0 aliphatic heterocycles. The van der Waals surface area contributed by atoms with Crippen molar-refractivity contribution < 1.29 is 5.11 Å². The zero-order valence-electron chi connectivity index (χ0n) is 11.1. The summed E-state index contributed by atoms with van der Waals surface area (Å²) in [7, 11) is 0. The van der Waals surface area contributed by atoms with E-state index in [1.807, 2.05) is 44.2 Å². The van der Waals surface area contributed by atoms with Gasteiger partial charge in [-0.05, 0) is 26.0 Å². The summed E-state index contributed by atoms with van der Waals surface area (Å²) in [5, 5.41) is 18.7. The van der Waals surface area contributed by atoms with Gasteiger partial charge in [-0.2, -0.15) is 0 Å². The Hall–Kier alpha value is -2.76. The minimum absolute atomic E-state index is 0.0145. The van der Waals surface area contributed by atoms with Gasteiger partial charge in [-0.15, -0.1) is 10.2 Å². The average molecular weight is 267 g/mol. The number of aromatic amines is 1. The van der Waals surface area contributed by atoms with E-state index >= 15 is 0 Å². The third kappa shape index (κ3) is 2.23. The van der Waals surface area contributed by atoms with Crippen molar-refractivity contribution in [2.75, 3.05) is 0 Å². The van der Waals surface area contributed by atoms with Gasteiger partial charge in [0, 0.05) is 16.8 Å². The van der Waals surface area contributed by atoms with Crippen molar-refractivity contribution in [3.05, 3.63) is 41.7 Å². The summed E-state index contributed by atoms with van der Waals surface area (Å²) in [6.07, 6.45) is 0. The molecular formula is C14H13N5O. The van der Waals surface area contributed by atoms with Crippen LogP contribution in [0.1, 0.15) is 11.4 Å². The molecule has 100 valence electrons. The predicted octanol–water partition coefficient (Wildman–Crippen LogP) is 3.70. The summed E-state index contributed by atoms with van der Waals surface area (Å²) in [5.41, 5.74) is 2.85. The maximum absolute atomic E-state index is 9.87. The van der Waals surface area contributed by atoms with Crippen molar-refractivity contribution in [2.24, 2.45) is 10.2 Å². The first kappa shape index (κ1) is 12.3. The van der Waals surface area contributed by atoms with Crippen LogP contribution in [0.4, 0.5) is 11.6 Å². The highest BCUT2D eigenvalue weighted by Gasteiger charge is 2.09. The lowest BCUT2D eigenvalue weighted by Gasteiger charge is -1.96. The van der Waals surface area contributed by atoms with Crippen molar-refractivity contribution in [2.45, 2.75) is 13.8 Å². The van der Waals surface area contributed by atoms with Gasteiger partial charge >= 0.3 is 0 Å². The second-order valence-electron chi connectivity index (χ2n) is 4.52. The first-order valence-electron chi connectivity index (χ1n) is 6.17. The third-order valence-corrected chi connectivity index (χ3v) is 2.87. The van der Waals surface area contributed by atoms with E-state index in [0.29, 0.717) is 5.69 Å². The molecule has 20 heavy (non-hydrogen) atoms. The van der Waals surface area contributed by atoms with Crippen LogP contribution in [0.15, 0.2) is 40.6 Å². The van der Waals surface area contributed by atoms with E-state index < -0.39 is 0 Å².